The second kappa shape index (κ2) is 17.4. The van der Waals surface area contributed by atoms with Crippen molar-refractivity contribution >= 4 is 94.6 Å². The Morgan fingerprint density at radius 2 is 1.49 bits per heavy atom. The summed E-state index contributed by atoms with van der Waals surface area (Å²) in [6.07, 6.45) is 4.69. The van der Waals surface area contributed by atoms with Crippen molar-refractivity contribution in [1.82, 2.24) is 24.0 Å². The number of aromatic nitrogens is 4. The molecule has 0 saturated carbocycles. The van der Waals surface area contributed by atoms with E-state index in [-0.39, 0.29) is 34.9 Å². The molecule has 11 rings (SSSR count). The zero-order valence-electron chi connectivity index (χ0n) is 41.2. The molecule has 9 aromatic rings. The lowest BCUT2D eigenvalue weighted by molar-refractivity contribution is 0.00578. The third kappa shape index (κ3) is 7.87. The number of aryl methyl sites for hydroxylation is 3. The van der Waals surface area contributed by atoms with Crippen molar-refractivity contribution in [2.45, 2.75) is 65.2 Å². The Morgan fingerprint density at radius 3 is 2.18 bits per heavy atom. The number of furan rings is 2. The van der Waals surface area contributed by atoms with Gasteiger partial charge in [0.15, 0.2) is 6.29 Å². The molecular formula is C54H49BFN7O8S2. The molecule has 1 saturated heterocycles. The summed E-state index contributed by atoms with van der Waals surface area (Å²) in [4.78, 5) is 58.5. The molecule has 19 heteroatoms. The fraction of sp³-hybridized carbons (Fsp3) is 0.241. The van der Waals surface area contributed by atoms with E-state index in [2.05, 4.69) is 35.5 Å². The van der Waals surface area contributed by atoms with Gasteiger partial charge in [0.05, 0.1) is 45.1 Å². The van der Waals surface area contributed by atoms with Crippen LogP contribution in [0, 0.1) is 12.7 Å². The lowest BCUT2D eigenvalue weighted by atomic mass is 9.77. The first kappa shape index (κ1) is 48.0. The molecule has 8 heterocycles. The molecule has 73 heavy (non-hydrogen) atoms. The number of hydrogen-bond donors (Lipinski definition) is 3. The SMILES string of the molecule is CNC(=O)c1c(-n2ccc(Cc3cc(F)c4cc5n(c4c3)CCc3ccc(-c4cc6c(C=O)c(-n7ccc(C)cc7=O)oc6cc4N(C)S)nc3-5)cc2=O)oc2cc(N(C)S)c(B3OC(C)(C)C(C)(C)O3)cc12. The summed E-state index contributed by atoms with van der Waals surface area (Å²) in [7, 11) is 4.26. The number of pyridine rings is 3. The molecule has 0 bridgehead atoms. The van der Waals surface area contributed by atoms with Crippen molar-refractivity contribution < 1.29 is 32.1 Å². The molecule has 15 nitrogen and oxygen atoms in total. The minimum absolute atomic E-state index is 0.0286. The van der Waals surface area contributed by atoms with Crippen molar-refractivity contribution in [2.75, 3.05) is 29.8 Å². The minimum atomic E-state index is -0.780. The van der Waals surface area contributed by atoms with Crippen molar-refractivity contribution in [3.8, 4) is 34.4 Å². The van der Waals surface area contributed by atoms with Gasteiger partial charge in [0.25, 0.3) is 17.0 Å². The third-order valence-corrected chi connectivity index (χ3v) is 14.9. The number of nitrogens with one attached hydrogen (secondary N) is 1. The highest BCUT2D eigenvalue weighted by Gasteiger charge is 2.52. The number of carbonyl (C=O) groups is 2. The first-order valence-corrected chi connectivity index (χ1v) is 24.4. The number of carbonyl (C=O) groups excluding carboxylic acids is 2. The van der Waals surface area contributed by atoms with Crippen LogP contribution in [0.5, 0.6) is 0 Å². The summed E-state index contributed by atoms with van der Waals surface area (Å²) in [5.41, 5.74) is 7.36. The Kier molecular flexibility index (Phi) is 11.5. The highest BCUT2D eigenvalue weighted by molar-refractivity contribution is 7.82. The number of rotatable bonds is 10. The molecule has 0 spiro atoms. The van der Waals surface area contributed by atoms with Gasteiger partial charge in [0, 0.05) is 97.2 Å². The zero-order valence-corrected chi connectivity index (χ0v) is 42.9. The zero-order chi connectivity index (χ0) is 51.6. The van der Waals surface area contributed by atoms with Gasteiger partial charge >= 0.3 is 7.12 Å². The van der Waals surface area contributed by atoms with Crippen LogP contribution in [0.1, 0.15) is 70.7 Å². The lowest BCUT2D eigenvalue weighted by Gasteiger charge is -2.32. The van der Waals surface area contributed by atoms with E-state index in [1.165, 1.54) is 34.4 Å². The van der Waals surface area contributed by atoms with Crippen LogP contribution in [0.4, 0.5) is 15.8 Å². The molecule has 6 aromatic heterocycles. The molecule has 0 aliphatic carbocycles. The molecule has 2 aliphatic heterocycles. The molecule has 1 N–H and O–H groups in total. The average molecular weight is 1020 g/mol. The number of aldehydes is 1. The molecular weight excluding hydrogens is 969 g/mol. The number of anilines is 2. The second-order valence-electron chi connectivity index (χ2n) is 19.7. The summed E-state index contributed by atoms with van der Waals surface area (Å²) < 4.78 is 49.6. The van der Waals surface area contributed by atoms with Gasteiger partial charge in [-0.3, -0.25) is 28.3 Å². The van der Waals surface area contributed by atoms with Crippen molar-refractivity contribution in [1.29, 1.82) is 0 Å². The van der Waals surface area contributed by atoms with Crippen molar-refractivity contribution in [3.63, 3.8) is 0 Å². The Balaban J connectivity index is 0.931. The normalized spacial score (nSPS) is 14.8. The number of halogens is 1. The number of hydrogen-bond acceptors (Lipinski definition) is 13. The Hall–Kier alpha value is -7.32. The van der Waals surface area contributed by atoms with E-state index in [9.17, 15) is 19.2 Å². The predicted molar refractivity (Wildman–Crippen MR) is 288 cm³/mol. The van der Waals surface area contributed by atoms with Gasteiger partial charge in [0.2, 0.25) is 11.8 Å². The molecule has 0 atom stereocenters. The molecule has 1 fully saturated rings. The smallest absolute Gasteiger partial charge is 0.439 e. The fourth-order valence-electron chi connectivity index (χ4n) is 9.97. The number of thiol groups is 2. The predicted octanol–water partition coefficient (Wildman–Crippen LogP) is 8.79. The largest absolute Gasteiger partial charge is 0.497 e. The fourth-order valence-corrected chi connectivity index (χ4v) is 10.3. The monoisotopic (exact) mass is 1020 g/mol. The maximum atomic E-state index is 16.3. The van der Waals surface area contributed by atoms with Crippen LogP contribution >= 0.6 is 25.6 Å². The lowest BCUT2D eigenvalue weighted by Crippen LogP contribution is -2.41. The van der Waals surface area contributed by atoms with E-state index in [0.29, 0.717) is 97.0 Å². The first-order valence-electron chi connectivity index (χ1n) is 23.6. The first-order chi connectivity index (χ1) is 34.7. The highest BCUT2D eigenvalue weighted by Crippen LogP contribution is 2.43. The van der Waals surface area contributed by atoms with E-state index in [0.717, 1.165) is 16.8 Å². The minimum Gasteiger partial charge on any atom is -0.439 e. The van der Waals surface area contributed by atoms with E-state index in [4.69, 9.17) is 23.1 Å². The molecule has 1 amide bonds. The summed E-state index contributed by atoms with van der Waals surface area (Å²) >= 11 is 9.25. The van der Waals surface area contributed by atoms with E-state index in [1.54, 1.807) is 65.4 Å². The summed E-state index contributed by atoms with van der Waals surface area (Å²) in [6.45, 7) is 10.2. The topological polar surface area (TPSA) is 159 Å². The van der Waals surface area contributed by atoms with E-state index < -0.39 is 35.6 Å². The van der Waals surface area contributed by atoms with Crippen LogP contribution < -0.4 is 30.5 Å². The molecule has 2 aliphatic rings. The van der Waals surface area contributed by atoms with Crippen molar-refractivity contribution in [3.05, 3.63) is 151 Å². The highest BCUT2D eigenvalue weighted by atomic mass is 32.1. The Labute approximate surface area is 429 Å². The van der Waals surface area contributed by atoms with Crippen LogP contribution in [-0.4, -0.2) is 70.3 Å². The van der Waals surface area contributed by atoms with Gasteiger partial charge in [-0.25, -0.2) is 9.37 Å². The van der Waals surface area contributed by atoms with Gasteiger partial charge in [-0.05, 0) is 118 Å². The molecule has 370 valence electrons. The summed E-state index contributed by atoms with van der Waals surface area (Å²) in [6, 6.07) is 22.7. The van der Waals surface area contributed by atoms with Crippen LogP contribution in [0.2, 0.25) is 0 Å². The van der Waals surface area contributed by atoms with Crippen LogP contribution in [0.15, 0.2) is 110 Å². The number of amides is 1. The molecule has 3 aromatic carbocycles. The maximum absolute atomic E-state index is 16.3. The summed E-state index contributed by atoms with van der Waals surface area (Å²) in [5.74, 6) is -0.741. The summed E-state index contributed by atoms with van der Waals surface area (Å²) in [5, 5.41) is 4.08. The van der Waals surface area contributed by atoms with Gasteiger partial charge < -0.3 is 36.6 Å². The van der Waals surface area contributed by atoms with Gasteiger partial charge in [-0.15, -0.1) is 0 Å². The average Bonchev–Trinajstić information content (AvgIpc) is 4.08. The van der Waals surface area contributed by atoms with Crippen LogP contribution in [-0.2, 0) is 28.7 Å². The van der Waals surface area contributed by atoms with Gasteiger partial charge in [-0.2, -0.15) is 0 Å². The number of benzene rings is 3. The van der Waals surface area contributed by atoms with Gasteiger partial charge in [0.1, 0.15) is 22.5 Å². The molecule has 0 unspecified atom stereocenters. The van der Waals surface area contributed by atoms with Crippen molar-refractivity contribution in [2.24, 2.45) is 0 Å². The Morgan fingerprint density at radius 1 is 0.822 bits per heavy atom. The van der Waals surface area contributed by atoms with E-state index in [1.807, 2.05) is 65.0 Å². The van der Waals surface area contributed by atoms with Crippen LogP contribution in [0.25, 0.3) is 67.3 Å². The Bertz CT molecular complexity index is 3930. The van der Waals surface area contributed by atoms with Crippen LogP contribution in [0.3, 0.4) is 0 Å². The quantitative estimate of drug-likeness (QED) is 0.0683. The number of nitrogens with zero attached hydrogens (tertiary/aromatic N) is 6. The second-order valence-corrected chi connectivity index (χ2v) is 20.9. The standard InChI is InChI=1S/C54H49BFN7O8S2/c1-28-11-14-62(46(65)17-28)51-36(27-64)32-22-34(40(59(7)72)25-44(32)68-51)39-10-9-31-13-16-61-41-20-30(19-38(56)33(41)24-43(61)49(31)58-39)18-29-12-15-63(47(66)21-29)52-48(50(67)57-6)35-23-37(42(60(8)73)26-45(35)69-52)55-70-53(2,3)54(4,5)71-55/h9-12,14-15,17,19-27,72-73H,13,16,18H2,1-8H3,(H,57,67). The number of fused-ring (bicyclic) bond motifs is 7. The van der Waals surface area contributed by atoms with Gasteiger partial charge in [-0.1, -0.05) is 31.7 Å². The van der Waals surface area contributed by atoms with E-state index >= 15 is 4.39 Å². The molecule has 0 radical (unpaired) electrons. The third-order valence-electron chi connectivity index (χ3n) is 14.5. The maximum Gasteiger partial charge on any atom is 0.497 e.